The van der Waals surface area contributed by atoms with Crippen LogP contribution in [-0.4, -0.2) is 26.1 Å². The minimum atomic E-state index is -0.204. The van der Waals surface area contributed by atoms with E-state index in [-0.39, 0.29) is 5.91 Å². The number of rotatable bonds is 2. The van der Waals surface area contributed by atoms with Crippen molar-refractivity contribution in [3.05, 3.63) is 29.3 Å². The zero-order chi connectivity index (χ0) is 12.4. The summed E-state index contributed by atoms with van der Waals surface area (Å²) in [6.45, 7) is 0. The third kappa shape index (κ3) is 2.01. The maximum Gasteiger partial charge on any atom is 0.278 e. The number of imidazole rings is 1. The SMILES string of the molecule is O=C(Nc1ncc[nH]1)c1n[nH]c2c1CCCCC2. The number of nitrogens with zero attached hydrogens (tertiary/aromatic N) is 2. The quantitative estimate of drug-likeness (QED) is 0.703. The first-order chi connectivity index (χ1) is 8.84. The highest BCUT2D eigenvalue weighted by Gasteiger charge is 2.21. The van der Waals surface area contributed by atoms with Gasteiger partial charge in [0.25, 0.3) is 5.91 Å². The summed E-state index contributed by atoms with van der Waals surface area (Å²) in [6.07, 6.45) is 8.66. The predicted octanol–water partition coefficient (Wildman–Crippen LogP) is 1.65. The van der Waals surface area contributed by atoms with Gasteiger partial charge in [-0.05, 0) is 25.7 Å². The van der Waals surface area contributed by atoms with Gasteiger partial charge >= 0.3 is 0 Å². The molecule has 0 aromatic carbocycles. The molecule has 0 unspecified atom stereocenters. The molecule has 2 aromatic rings. The van der Waals surface area contributed by atoms with Crippen molar-refractivity contribution in [2.24, 2.45) is 0 Å². The van der Waals surface area contributed by atoms with Crippen molar-refractivity contribution in [2.75, 3.05) is 5.32 Å². The summed E-state index contributed by atoms with van der Waals surface area (Å²) < 4.78 is 0. The van der Waals surface area contributed by atoms with E-state index in [1.807, 2.05) is 0 Å². The van der Waals surface area contributed by atoms with Crippen LogP contribution in [0.3, 0.4) is 0 Å². The summed E-state index contributed by atoms with van der Waals surface area (Å²) in [5, 5.41) is 9.83. The lowest BCUT2D eigenvalue weighted by atomic mass is 10.1. The van der Waals surface area contributed by atoms with Crippen molar-refractivity contribution in [1.82, 2.24) is 20.2 Å². The molecule has 3 rings (SSSR count). The number of anilines is 1. The Labute approximate surface area is 104 Å². The van der Waals surface area contributed by atoms with Crippen molar-refractivity contribution in [2.45, 2.75) is 32.1 Å². The Morgan fingerprint density at radius 1 is 1.28 bits per heavy atom. The molecule has 0 saturated carbocycles. The van der Waals surface area contributed by atoms with Gasteiger partial charge in [0, 0.05) is 23.7 Å². The minimum absolute atomic E-state index is 0.204. The first kappa shape index (κ1) is 11.0. The lowest BCUT2D eigenvalue weighted by Crippen LogP contribution is -2.15. The molecule has 1 amide bonds. The number of fused-ring (bicyclic) bond motifs is 1. The molecule has 0 saturated heterocycles. The standard InChI is InChI=1S/C12H15N5O/c18-11(15-12-13-6-7-14-12)10-8-4-2-1-3-5-9(8)16-17-10/h6-7H,1-5H2,(H,16,17)(H2,13,14,15,18). The lowest BCUT2D eigenvalue weighted by molar-refractivity contribution is 0.102. The normalized spacial score (nSPS) is 14.9. The Balaban J connectivity index is 1.83. The van der Waals surface area contributed by atoms with Crippen molar-refractivity contribution < 1.29 is 4.79 Å². The first-order valence-corrected chi connectivity index (χ1v) is 6.21. The number of hydrogen-bond donors (Lipinski definition) is 3. The Kier molecular flexibility index (Phi) is 2.84. The summed E-state index contributed by atoms with van der Waals surface area (Å²) >= 11 is 0. The summed E-state index contributed by atoms with van der Waals surface area (Å²) in [5.74, 6) is 0.245. The van der Waals surface area contributed by atoms with Gasteiger partial charge in [-0.1, -0.05) is 6.42 Å². The Hall–Kier alpha value is -2.11. The third-order valence-electron chi connectivity index (χ3n) is 3.25. The van der Waals surface area contributed by atoms with Crippen LogP contribution in [0.4, 0.5) is 5.95 Å². The Bertz CT molecular complexity index is 543. The second-order valence-electron chi connectivity index (χ2n) is 4.48. The van der Waals surface area contributed by atoms with E-state index >= 15 is 0 Å². The van der Waals surface area contributed by atoms with Gasteiger partial charge in [0.2, 0.25) is 5.95 Å². The van der Waals surface area contributed by atoms with Crippen molar-refractivity contribution >= 4 is 11.9 Å². The van der Waals surface area contributed by atoms with E-state index in [2.05, 4.69) is 25.5 Å². The number of aromatic amines is 2. The average Bonchev–Trinajstić information content (AvgIpc) is 2.95. The van der Waals surface area contributed by atoms with Gasteiger partial charge in [-0.2, -0.15) is 5.10 Å². The molecule has 2 aromatic heterocycles. The number of aryl methyl sites for hydroxylation is 1. The van der Waals surface area contributed by atoms with Crippen LogP contribution in [0, 0.1) is 0 Å². The van der Waals surface area contributed by atoms with Gasteiger partial charge in [-0.25, -0.2) is 4.98 Å². The van der Waals surface area contributed by atoms with Crippen LogP contribution in [0.2, 0.25) is 0 Å². The summed E-state index contributed by atoms with van der Waals surface area (Å²) in [5.41, 5.74) is 2.68. The Morgan fingerprint density at radius 2 is 2.17 bits per heavy atom. The van der Waals surface area contributed by atoms with Gasteiger partial charge < -0.3 is 4.98 Å². The average molecular weight is 245 g/mol. The molecule has 1 aliphatic carbocycles. The molecule has 2 heterocycles. The van der Waals surface area contributed by atoms with Gasteiger partial charge in [0.15, 0.2) is 5.69 Å². The largest absolute Gasteiger partial charge is 0.331 e. The zero-order valence-corrected chi connectivity index (χ0v) is 9.99. The molecule has 0 spiro atoms. The molecule has 1 aliphatic rings. The second-order valence-corrected chi connectivity index (χ2v) is 4.48. The number of amides is 1. The zero-order valence-electron chi connectivity index (χ0n) is 9.99. The summed E-state index contributed by atoms with van der Waals surface area (Å²) in [7, 11) is 0. The maximum atomic E-state index is 12.1. The highest BCUT2D eigenvalue weighted by molar-refractivity contribution is 6.03. The van der Waals surface area contributed by atoms with E-state index in [9.17, 15) is 4.79 Å². The fourth-order valence-electron chi connectivity index (χ4n) is 2.35. The highest BCUT2D eigenvalue weighted by Crippen LogP contribution is 2.22. The molecule has 0 radical (unpaired) electrons. The number of carbonyl (C=O) groups excluding carboxylic acids is 1. The summed E-state index contributed by atoms with van der Waals surface area (Å²) in [6, 6.07) is 0. The van der Waals surface area contributed by atoms with E-state index in [1.165, 1.54) is 6.42 Å². The molecular weight excluding hydrogens is 230 g/mol. The molecule has 6 heteroatoms. The fourth-order valence-corrected chi connectivity index (χ4v) is 2.35. The van der Waals surface area contributed by atoms with Crippen LogP contribution in [0.25, 0.3) is 0 Å². The van der Waals surface area contributed by atoms with Crippen molar-refractivity contribution in [1.29, 1.82) is 0 Å². The van der Waals surface area contributed by atoms with Crippen LogP contribution in [0.15, 0.2) is 12.4 Å². The monoisotopic (exact) mass is 245 g/mol. The number of aromatic nitrogens is 4. The van der Waals surface area contributed by atoms with E-state index in [0.717, 1.165) is 36.9 Å². The van der Waals surface area contributed by atoms with E-state index in [1.54, 1.807) is 12.4 Å². The van der Waals surface area contributed by atoms with Crippen molar-refractivity contribution in [3.63, 3.8) is 0 Å². The second kappa shape index (κ2) is 4.64. The lowest BCUT2D eigenvalue weighted by Gasteiger charge is -2.02. The molecular formula is C12H15N5O. The first-order valence-electron chi connectivity index (χ1n) is 6.21. The molecule has 0 atom stereocenters. The third-order valence-corrected chi connectivity index (χ3v) is 3.25. The van der Waals surface area contributed by atoms with Crippen molar-refractivity contribution in [3.8, 4) is 0 Å². The van der Waals surface area contributed by atoms with Crippen LogP contribution >= 0.6 is 0 Å². The molecule has 18 heavy (non-hydrogen) atoms. The van der Waals surface area contributed by atoms with Gasteiger partial charge in [0.05, 0.1) is 0 Å². The van der Waals surface area contributed by atoms with Crippen LogP contribution < -0.4 is 5.32 Å². The van der Waals surface area contributed by atoms with Crippen LogP contribution in [-0.2, 0) is 12.8 Å². The van der Waals surface area contributed by atoms with Gasteiger partial charge in [-0.15, -0.1) is 0 Å². The molecule has 0 fully saturated rings. The van der Waals surface area contributed by atoms with E-state index in [0.29, 0.717) is 11.6 Å². The smallest absolute Gasteiger partial charge is 0.278 e. The number of H-pyrrole nitrogens is 2. The highest BCUT2D eigenvalue weighted by atomic mass is 16.2. The maximum absolute atomic E-state index is 12.1. The molecule has 0 aliphatic heterocycles. The topological polar surface area (TPSA) is 86.5 Å². The van der Waals surface area contributed by atoms with Gasteiger partial charge in [-0.3, -0.25) is 15.2 Å². The minimum Gasteiger partial charge on any atom is -0.331 e. The number of nitrogens with one attached hydrogen (secondary N) is 3. The van der Waals surface area contributed by atoms with E-state index in [4.69, 9.17) is 0 Å². The molecule has 3 N–H and O–H groups in total. The van der Waals surface area contributed by atoms with Crippen LogP contribution in [0.5, 0.6) is 0 Å². The summed E-state index contributed by atoms with van der Waals surface area (Å²) in [4.78, 5) is 18.9. The Morgan fingerprint density at radius 3 is 3.00 bits per heavy atom. The number of carbonyl (C=O) groups is 1. The van der Waals surface area contributed by atoms with Gasteiger partial charge in [0.1, 0.15) is 0 Å². The van der Waals surface area contributed by atoms with E-state index < -0.39 is 0 Å². The fraction of sp³-hybridized carbons (Fsp3) is 0.417. The molecule has 0 bridgehead atoms. The predicted molar refractivity (Wildman–Crippen MR) is 66.4 cm³/mol. The molecule has 94 valence electrons. The number of hydrogen-bond acceptors (Lipinski definition) is 3. The molecule has 6 nitrogen and oxygen atoms in total. The van der Waals surface area contributed by atoms with Crippen LogP contribution in [0.1, 0.15) is 41.0 Å².